The molecule has 1 saturated carbocycles. The summed E-state index contributed by atoms with van der Waals surface area (Å²) < 4.78 is 10.7. The number of hydrogen-bond donors (Lipinski definition) is 0. The number of methoxy groups -OCH3 is 1. The number of ketones is 1. The average Bonchev–Trinajstić information content (AvgIpc) is 2.15. The highest BCUT2D eigenvalue weighted by molar-refractivity contribution is 5.76. The Kier molecular flexibility index (Phi) is 4.39. The second kappa shape index (κ2) is 5.35. The quantitative estimate of drug-likeness (QED) is 0.668. The van der Waals surface area contributed by atoms with Crippen LogP contribution in [0.5, 0.6) is 0 Å². The molecule has 1 aliphatic rings. The normalized spacial score (nSPS) is 28.8. The summed E-state index contributed by atoms with van der Waals surface area (Å²) in [6, 6.07) is 0. The van der Waals surface area contributed by atoms with Crippen LogP contribution < -0.4 is 0 Å². The van der Waals surface area contributed by atoms with Crippen molar-refractivity contribution in [2.45, 2.75) is 44.8 Å². The molecular weight excluding hydrogens is 168 g/mol. The summed E-state index contributed by atoms with van der Waals surface area (Å²) in [7, 11) is 1.73. The molecular formula is C10H18O3. The van der Waals surface area contributed by atoms with Gasteiger partial charge in [-0.25, -0.2) is 0 Å². The second-order valence-corrected chi connectivity index (χ2v) is 3.66. The zero-order valence-electron chi connectivity index (χ0n) is 8.41. The van der Waals surface area contributed by atoms with Gasteiger partial charge in [-0.3, -0.25) is 4.79 Å². The predicted octanol–water partition coefficient (Wildman–Crippen LogP) is 1.55. The first kappa shape index (κ1) is 10.7. The first-order valence-electron chi connectivity index (χ1n) is 4.86. The third-order valence-electron chi connectivity index (χ3n) is 2.43. The molecule has 1 aliphatic carbocycles. The van der Waals surface area contributed by atoms with Crippen LogP contribution in [0.3, 0.4) is 0 Å². The maximum atomic E-state index is 10.7. The summed E-state index contributed by atoms with van der Waals surface area (Å²) in [5.41, 5.74) is 0. The molecule has 0 saturated heterocycles. The summed E-state index contributed by atoms with van der Waals surface area (Å²) >= 11 is 0. The van der Waals surface area contributed by atoms with Gasteiger partial charge in [0.15, 0.2) is 5.78 Å². The van der Waals surface area contributed by atoms with Gasteiger partial charge >= 0.3 is 0 Å². The Morgan fingerprint density at radius 1 is 1.38 bits per heavy atom. The number of carbonyl (C=O) groups is 1. The maximum Gasteiger partial charge on any atom is 0.155 e. The minimum atomic E-state index is 0.0968. The molecule has 0 radical (unpaired) electrons. The van der Waals surface area contributed by atoms with Crippen LogP contribution in [0.15, 0.2) is 0 Å². The molecule has 76 valence electrons. The zero-order valence-corrected chi connectivity index (χ0v) is 8.41. The smallest absolute Gasteiger partial charge is 0.155 e. The summed E-state index contributed by atoms with van der Waals surface area (Å²) in [5.74, 6) is 0.0968. The third kappa shape index (κ3) is 3.87. The lowest BCUT2D eigenvalue weighted by molar-refractivity contribution is -0.125. The molecule has 0 aromatic carbocycles. The average molecular weight is 186 g/mol. The van der Waals surface area contributed by atoms with Crippen molar-refractivity contribution in [3.63, 3.8) is 0 Å². The molecule has 3 nitrogen and oxygen atoms in total. The Morgan fingerprint density at radius 3 is 2.69 bits per heavy atom. The lowest BCUT2D eigenvalue weighted by Crippen LogP contribution is -2.28. The fourth-order valence-electron chi connectivity index (χ4n) is 1.70. The standard InChI is InChI=1S/C10H18O3/c1-8(11)7-13-10-5-3-4-9(6-10)12-2/h9-10H,3-7H2,1-2H3. The SMILES string of the molecule is COC1CCCC(OCC(C)=O)C1. The number of carbonyl (C=O) groups excluding carboxylic acids is 1. The topological polar surface area (TPSA) is 35.5 Å². The molecule has 0 aromatic rings. The molecule has 0 heterocycles. The highest BCUT2D eigenvalue weighted by atomic mass is 16.5. The van der Waals surface area contributed by atoms with Gasteiger partial charge in [0.2, 0.25) is 0 Å². The van der Waals surface area contributed by atoms with E-state index in [4.69, 9.17) is 9.47 Å². The molecule has 0 amide bonds. The molecule has 3 heteroatoms. The lowest BCUT2D eigenvalue weighted by atomic mass is 9.95. The molecule has 0 aliphatic heterocycles. The van der Waals surface area contributed by atoms with E-state index >= 15 is 0 Å². The molecule has 0 aromatic heterocycles. The number of hydrogen-bond acceptors (Lipinski definition) is 3. The van der Waals surface area contributed by atoms with E-state index < -0.39 is 0 Å². The molecule has 2 atom stereocenters. The lowest BCUT2D eigenvalue weighted by Gasteiger charge is -2.27. The highest BCUT2D eigenvalue weighted by Crippen LogP contribution is 2.22. The molecule has 0 spiro atoms. The van der Waals surface area contributed by atoms with Gasteiger partial charge in [0.05, 0.1) is 12.2 Å². The van der Waals surface area contributed by atoms with E-state index in [1.807, 2.05) is 0 Å². The van der Waals surface area contributed by atoms with E-state index in [0.29, 0.717) is 6.10 Å². The van der Waals surface area contributed by atoms with Crippen molar-refractivity contribution >= 4 is 5.78 Å². The van der Waals surface area contributed by atoms with E-state index in [-0.39, 0.29) is 18.5 Å². The third-order valence-corrected chi connectivity index (χ3v) is 2.43. The van der Waals surface area contributed by atoms with E-state index in [1.54, 1.807) is 14.0 Å². The first-order chi connectivity index (χ1) is 6.22. The highest BCUT2D eigenvalue weighted by Gasteiger charge is 2.22. The summed E-state index contributed by atoms with van der Waals surface area (Å²) in [6.07, 6.45) is 4.81. The minimum absolute atomic E-state index is 0.0968. The Balaban J connectivity index is 2.21. The van der Waals surface area contributed by atoms with Gasteiger partial charge in [-0.2, -0.15) is 0 Å². The van der Waals surface area contributed by atoms with Crippen molar-refractivity contribution < 1.29 is 14.3 Å². The van der Waals surface area contributed by atoms with Crippen molar-refractivity contribution in [1.82, 2.24) is 0 Å². The fraction of sp³-hybridized carbons (Fsp3) is 0.900. The summed E-state index contributed by atoms with van der Waals surface area (Å²) in [6.45, 7) is 1.80. The van der Waals surface area contributed by atoms with Crippen LogP contribution in [0.4, 0.5) is 0 Å². The van der Waals surface area contributed by atoms with Crippen molar-refractivity contribution in [3.05, 3.63) is 0 Å². The van der Waals surface area contributed by atoms with Crippen molar-refractivity contribution in [1.29, 1.82) is 0 Å². The molecule has 1 rings (SSSR count). The Bertz CT molecular complexity index is 168. The summed E-state index contributed by atoms with van der Waals surface area (Å²) in [4.78, 5) is 10.7. The van der Waals surface area contributed by atoms with Crippen molar-refractivity contribution in [2.75, 3.05) is 13.7 Å². The van der Waals surface area contributed by atoms with Crippen molar-refractivity contribution in [3.8, 4) is 0 Å². The largest absolute Gasteiger partial charge is 0.381 e. The van der Waals surface area contributed by atoms with Gasteiger partial charge in [0.1, 0.15) is 6.61 Å². The molecule has 0 bridgehead atoms. The Hall–Kier alpha value is -0.410. The van der Waals surface area contributed by atoms with Crippen LogP contribution in [-0.2, 0) is 14.3 Å². The van der Waals surface area contributed by atoms with Gasteiger partial charge in [-0.15, -0.1) is 0 Å². The summed E-state index contributed by atoms with van der Waals surface area (Å²) in [5, 5.41) is 0. The van der Waals surface area contributed by atoms with Crippen LogP contribution in [0.25, 0.3) is 0 Å². The maximum absolute atomic E-state index is 10.7. The Morgan fingerprint density at radius 2 is 2.08 bits per heavy atom. The van der Waals surface area contributed by atoms with E-state index in [2.05, 4.69) is 0 Å². The monoisotopic (exact) mass is 186 g/mol. The zero-order chi connectivity index (χ0) is 9.68. The van der Waals surface area contributed by atoms with Gasteiger partial charge in [0, 0.05) is 7.11 Å². The minimum Gasteiger partial charge on any atom is -0.381 e. The Labute approximate surface area is 79.4 Å². The molecule has 1 fully saturated rings. The van der Waals surface area contributed by atoms with E-state index in [0.717, 1.165) is 25.7 Å². The number of rotatable bonds is 4. The van der Waals surface area contributed by atoms with Crippen LogP contribution in [0.2, 0.25) is 0 Å². The predicted molar refractivity (Wildman–Crippen MR) is 49.7 cm³/mol. The second-order valence-electron chi connectivity index (χ2n) is 3.66. The van der Waals surface area contributed by atoms with Gasteiger partial charge in [-0.05, 0) is 32.6 Å². The van der Waals surface area contributed by atoms with Gasteiger partial charge in [-0.1, -0.05) is 0 Å². The van der Waals surface area contributed by atoms with Gasteiger partial charge in [0.25, 0.3) is 0 Å². The first-order valence-corrected chi connectivity index (χ1v) is 4.86. The molecule has 0 N–H and O–H groups in total. The molecule has 2 unspecified atom stereocenters. The van der Waals surface area contributed by atoms with Crippen molar-refractivity contribution in [2.24, 2.45) is 0 Å². The van der Waals surface area contributed by atoms with Crippen LogP contribution in [0.1, 0.15) is 32.6 Å². The van der Waals surface area contributed by atoms with Gasteiger partial charge < -0.3 is 9.47 Å². The van der Waals surface area contributed by atoms with E-state index in [9.17, 15) is 4.79 Å². The van der Waals surface area contributed by atoms with E-state index in [1.165, 1.54) is 0 Å². The number of Topliss-reactive ketones (excluding diaryl/α,β-unsaturated/α-hetero) is 1. The van der Waals surface area contributed by atoms with Crippen LogP contribution in [0, 0.1) is 0 Å². The fourth-order valence-corrected chi connectivity index (χ4v) is 1.70. The number of ether oxygens (including phenoxy) is 2. The van der Waals surface area contributed by atoms with Crippen LogP contribution >= 0.6 is 0 Å². The molecule has 13 heavy (non-hydrogen) atoms. The van der Waals surface area contributed by atoms with Crippen LogP contribution in [-0.4, -0.2) is 31.7 Å².